The van der Waals surface area contributed by atoms with Gasteiger partial charge in [0.05, 0.1) is 24.3 Å². The van der Waals surface area contributed by atoms with Crippen LogP contribution in [0, 0.1) is 11.6 Å². The lowest BCUT2D eigenvalue weighted by Gasteiger charge is -2.12. The first kappa shape index (κ1) is 12.7. The van der Waals surface area contributed by atoms with E-state index in [0.717, 1.165) is 6.07 Å². The largest absolute Gasteiger partial charge is 0.386 e. The highest BCUT2D eigenvalue weighted by Gasteiger charge is 2.14. The lowest BCUT2D eigenvalue weighted by atomic mass is 10.1. The zero-order chi connectivity index (χ0) is 13.1. The van der Waals surface area contributed by atoms with Crippen molar-refractivity contribution >= 4 is 0 Å². The molecule has 2 rings (SSSR count). The minimum absolute atomic E-state index is 0.153. The molecular weight excluding hydrogens is 238 g/mol. The minimum atomic E-state index is -0.825. The Bertz CT molecular complexity index is 519. The van der Waals surface area contributed by atoms with Gasteiger partial charge in [-0.1, -0.05) is 0 Å². The molecule has 0 saturated heterocycles. The van der Waals surface area contributed by atoms with Crippen molar-refractivity contribution in [3.63, 3.8) is 0 Å². The maximum atomic E-state index is 13.0. The van der Waals surface area contributed by atoms with Gasteiger partial charge in [0.15, 0.2) is 0 Å². The van der Waals surface area contributed by atoms with Crippen LogP contribution in [0.3, 0.4) is 0 Å². The first-order chi connectivity index (χ1) is 8.60. The number of hydrogen-bond acceptors (Lipinski definition) is 2. The number of aryl methyl sites for hydroxylation is 1. The van der Waals surface area contributed by atoms with E-state index in [-0.39, 0.29) is 6.42 Å². The number of benzene rings is 1. The summed E-state index contributed by atoms with van der Waals surface area (Å²) in [6, 6.07) is 3.25. The Hall–Kier alpha value is -1.75. The molecule has 1 heterocycles. The molecule has 0 aliphatic heterocycles. The lowest BCUT2D eigenvalue weighted by molar-refractivity contribution is 0.168. The number of aromatic nitrogens is 2. The molecule has 1 atom stereocenters. The molecule has 0 aliphatic carbocycles. The van der Waals surface area contributed by atoms with Crippen molar-refractivity contribution in [2.75, 3.05) is 0 Å². The zero-order valence-corrected chi connectivity index (χ0v) is 9.98. The van der Waals surface area contributed by atoms with E-state index >= 15 is 0 Å². The van der Waals surface area contributed by atoms with Crippen LogP contribution < -0.4 is 0 Å². The molecule has 1 unspecified atom stereocenters. The van der Waals surface area contributed by atoms with Crippen LogP contribution in [0.4, 0.5) is 8.78 Å². The molecule has 1 N–H and O–H groups in total. The number of hydrogen-bond donors (Lipinski definition) is 1. The van der Waals surface area contributed by atoms with E-state index in [2.05, 4.69) is 4.98 Å². The lowest BCUT2D eigenvalue weighted by Crippen LogP contribution is -2.08. The average molecular weight is 252 g/mol. The van der Waals surface area contributed by atoms with Gasteiger partial charge in [-0.25, -0.2) is 13.8 Å². The predicted octanol–water partition coefficient (Wildman–Crippen LogP) is 2.46. The molecule has 3 nitrogen and oxygen atoms in total. The van der Waals surface area contributed by atoms with Crippen LogP contribution in [0.1, 0.15) is 24.3 Å². The minimum Gasteiger partial charge on any atom is -0.386 e. The third-order valence-electron chi connectivity index (χ3n) is 2.78. The second kappa shape index (κ2) is 5.27. The van der Waals surface area contributed by atoms with E-state index in [9.17, 15) is 13.9 Å². The van der Waals surface area contributed by atoms with E-state index in [1.807, 2.05) is 6.92 Å². The van der Waals surface area contributed by atoms with Gasteiger partial charge in [-0.15, -0.1) is 0 Å². The molecule has 0 aliphatic rings. The highest BCUT2D eigenvalue weighted by atomic mass is 19.1. The number of aliphatic hydroxyl groups excluding tert-OH is 1. The van der Waals surface area contributed by atoms with Crippen molar-refractivity contribution in [2.45, 2.75) is 26.0 Å². The molecule has 0 fully saturated rings. The summed E-state index contributed by atoms with van der Waals surface area (Å²) >= 11 is 0. The quantitative estimate of drug-likeness (QED) is 0.907. The summed E-state index contributed by atoms with van der Waals surface area (Å²) in [7, 11) is 0. The number of imidazole rings is 1. The van der Waals surface area contributed by atoms with Crippen molar-refractivity contribution in [3.05, 3.63) is 53.6 Å². The van der Waals surface area contributed by atoms with Crippen molar-refractivity contribution in [1.82, 2.24) is 9.55 Å². The third kappa shape index (κ3) is 2.73. The maximum absolute atomic E-state index is 13.0. The molecule has 96 valence electrons. The summed E-state index contributed by atoms with van der Waals surface area (Å²) < 4.78 is 27.8. The van der Waals surface area contributed by atoms with Crippen LogP contribution in [-0.4, -0.2) is 14.7 Å². The Labute approximate surface area is 104 Å². The van der Waals surface area contributed by atoms with Gasteiger partial charge in [0.2, 0.25) is 0 Å². The Morgan fingerprint density at radius 3 is 2.56 bits per heavy atom. The van der Waals surface area contributed by atoms with Crippen molar-refractivity contribution in [3.8, 4) is 0 Å². The van der Waals surface area contributed by atoms with Crippen molar-refractivity contribution < 1.29 is 13.9 Å². The second-order valence-corrected chi connectivity index (χ2v) is 4.10. The smallest absolute Gasteiger partial charge is 0.126 e. The van der Waals surface area contributed by atoms with Crippen LogP contribution in [0.2, 0.25) is 0 Å². The fourth-order valence-corrected chi connectivity index (χ4v) is 1.93. The molecule has 0 spiro atoms. The van der Waals surface area contributed by atoms with Gasteiger partial charge in [-0.2, -0.15) is 0 Å². The summed E-state index contributed by atoms with van der Waals surface area (Å²) in [6.45, 7) is 2.61. The monoisotopic (exact) mass is 252 g/mol. The standard InChI is InChI=1S/C13H14F2N2O/c1-2-17-8-16-7-12(17)13(18)5-9-3-10(14)6-11(15)4-9/h3-4,6-8,13,18H,2,5H2,1H3. The molecule has 2 aromatic rings. The summed E-state index contributed by atoms with van der Waals surface area (Å²) in [4.78, 5) is 3.95. The van der Waals surface area contributed by atoms with E-state index in [4.69, 9.17) is 0 Å². The molecule has 1 aromatic heterocycles. The molecule has 0 radical (unpaired) electrons. The van der Waals surface area contributed by atoms with Crippen LogP contribution in [0.5, 0.6) is 0 Å². The predicted molar refractivity (Wildman–Crippen MR) is 62.9 cm³/mol. The topological polar surface area (TPSA) is 38.0 Å². The van der Waals surface area contributed by atoms with E-state index in [1.54, 1.807) is 17.1 Å². The van der Waals surface area contributed by atoms with Gasteiger partial charge in [0.25, 0.3) is 0 Å². The number of rotatable bonds is 4. The van der Waals surface area contributed by atoms with E-state index in [1.165, 1.54) is 12.1 Å². The molecule has 0 saturated carbocycles. The highest BCUT2D eigenvalue weighted by molar-refractivity contribution is 5.20. The first-order valence-electron chi connectivity index (χ1n) is 5.73. The fourth-order valence-electron chi connectivity index (χ4n) is 1.93. The van der Waals surface area contributed by atoms with Crippen LogP contribution in [0.15, 0.2) is 30.7 Å². The van der Waals surface area contributed by atoms with Gasteiger partial charge in [-0.05, 0) is 24.6 Å². The molecular formula is C13H14F2N2O. The summed E-state index contributed by atoms with van der Waals surface area (Å²) in [6.07, 6.45) is 2.50. The Morgan fingerprint density at radius 2 is 1.94 bits per heavy atom. The number of nitrogens with zero attached hydrogens (tertiary/aromatic N) is 2. The van der Waals surface area contributed by atoms with E-state index < -0.39 is 17.7 Å². The van der Waals surface area contributed by atoms with Crippen molar-refractivity contribution in [1.29, 1.82) is 0 Å². The van der Waals surface area contributed by atoms with Gasteiger partial charge in [-0.3, -0.25) is 0 Å². The normalized spacial score (nSPS) is 12.7. The Kier molecular flexibility index (Phi) is 3.72. The highest BCUT2D eigenvalue weighted by Crippen LogP contribution is 2.19. The molecule has 0 bridgehead atoms. The second-order valence-electron chi connectivity index (χ2n) is 4.10. The summed E-state index contributed by atoms with van der Waals surface area (Å²) in [5.74, 6) is -1.28. The van der Waals surface area contributed by atoms with Crippen LogP contribution in [-0.2, 0) is 13.0 Å². The molecule has 0 amide bonds. The maximum Gasteiger partial charge on any atom is 0.126 e. The van der Waals surface area contributed by atoms with Gasteiger partial charge in [0.1, 0.15) is 11.6 Å². The van der Waals surface area contributed by atoms with Gasteiger partial charge < -0.3 is 9.67 Å². The summed E-state index contributed by atoms with van der Waals surface area (Å²) in [5.41, 5.74) is 1.06. The van der Waals surface area contributed by atoms with Crippen LogP contribution >= 0.6 is 0 Å². The van der Waals surface area contributed by atoms with Gasteiger partial charge in [0, 0.05) is 19.0 Å². The van der Waals surface area contributed by atoms with E-state index in [0.29, 0.717) is 17.8 Å². The molecule has 18 heavy (non-hydrogen) atoms. The van der Waals surface area contributed by atoms with Crippen LogP contribution in [0.25, 0.3) is 0 Å². The SMILES string of the molecule is CCn1cncc1C(O)Cc1cc(F)cc(F)c1. The Balaban J connectivity index is 2.18. The molecule has 5 heteroatoms. The Morgan fingerprint density at radius 1 is 1.28 bits per heavy atom. The first-order valence-corrected chi connectivity index (χ1v) is 5.73. The summed E-state index contributed by atoms with van der Waals surface area (Å²) in [5, 5.41) is 10.1. The third-order valence-corrected chi connectivity index (χ3v) is 2.78. The fraction of sp³-hybridized carbons (Fsp3) is 0.308. The zero-order valence-electron chi connectivity index (χ0n) is 9.98. The van der Waals surface area contributed by atoms with Gasteiger partial charge >= 0.3 is 0 Å². The average Bonchev–Trinajstić information content (AvgIpc) is 2.75. The van der Waals surface area contributed by atoms with Crippen molar-refractivity contribution in [2.24, 2.45) is 0 Å². The number of aliphatic hydroxyl groups is 1. The molecule has 1 aromatic carbocycles. The number of halogens is 2.